The van der Waals surface area contributed by atoms with Crippen molar-refractivity contribution in [2.24, 2.45) is 0 Å². The van der Waals surface area contributed by atoms with Gasteiger partial charge < -0.3 is 15.1 Å². The average molecular weight is 331 g/mol. The van der Waals surface area contributed by atoms with E-state index in [4.69, 9.17) is 0 Å². The van der Waals surface area contributed by atoms with Crippen LogP contribution in [0.25, 0.3) is 10.2 Å². The molecule has 0 spiro atoms. The van der Waals surface area contributed by atoms with Gasteiger partial charge in [-0.05, 0) is 30.7 Å². The van der Waals surface area contributed by atoms with E-state index in [0.29, 0.717) is 6.54 Å². The number of thiophene rings is 1. The number of amides is 1. The van der Waals surface area contributed by atoms with E-state index in [1.54, 1.807) is 17.7 Å². The molecular weight excluding hydrogens is 310 g/mol. The third-order valence-electron chi connectivity index (χ3n) is 4.70. The molecule has 0 radical (unpaired) electrons. The van der Waals surface area contributed by atoms with Gasteiger partial charge >= 0.3 is 0 Å². The number of rotatable bonds is 2. The van der Waals surface area contributed by atoms with Gasteiger partial charge in [-0.3, -0.25) is 4.79 Å². The summed E-state index contributed by atoms with van der Waals surface area (Å²) in [6.07, 6.45) is 3.89. The third kappa shape index (κ3) is 2.68. The average Bonchev–Trinajstić information content (AvgIpc) is 3.25. The Morgan fingerprint density at radius 1 is 1.30 bits per heavy atom. The normalized spacial score (nSPS) is 22.0. The van der Waals surface area contributed by atoms with Gasteiger partial charge in [0.05, 0.1) is 10.2 Å². The van der Waals surface area contributed by atoms with Crippen LogP contribution in [0, 0.1) is 6.92 Å². The van der Waals surface area contributed by atoms with Crippen LogP contribution >= 0.6 is 11.3 Å². The zero-order chi connectivity index (χ0) is 15.8. The van der Waals surface area contributed by atoms with E-state index in [2.05, 4.69) is 32.5 Å². The zero-order valence-electron chi connectivity index (χ0n) is 13.3. The van der Waals surface area contributed by atoms with Gasteiger partial charge in [-0.2, -0.15) is 0 Å². The molecule has 2 aromatic heterocycles. The van der Waals surface area contributed by atoms with E-state index >= 15 is 0 Å². The summed E-state index contributed by atoms with van der Waals surface area (Å²) in [6, 6.07) is -0.132. The molecular formula is C16H21N5OS. The summed E-state index contributed by atoms with van der Waals surface area (Å²) in [6.45, 7) is 6.23. The van der Waals surface area contributed by atoms with Crippen molar-refractivity contribution in [3.8, 4) is 0 Å². The summed E-state index contributed by atoms with van der Waals surface area (Å²) in [5.41, 5.74) is 2.22. The summed E-state index contributed by atoms with van der Waals surface area (Å²) in [7, 11) is 0. The van der Waals surface area contributed by atoms with Crippen molar-refractivity contribution in [2.75, 3.05) is 37.6 Å². The number of carbonyl (C=O) groups excluding carboxylic acids is 1. The lowest BCUT2D eigenvalue weighted by molar-refractivity contribution is -0.132. The third-order valence-corrected chi connectivity index (χ3v) is 5.79. The molecule has 0 bridgehead atoms. The Bertz CT molecular complexity index is 724. The summed E-state index contributed by atoms with van der Waals surface area (Å²) in [5.74, 6) is 1.20. The lowest BCUT2D eigenvalue weighted by atomic mass is 10.1. The molecule has 4 rings (SSSR count). The first-order chi connectivity index (χ1) is 11.2. The Hall–Kier alpha value is -1.73. The number of likely N-dealkylation sites (tertiary alicyclic amines) is 1. The van der Waals surface area contributed by atoms with Crippen LogP contribution in [0.1, 0.15) is 18.4 Å². The number of aryl methyl sites for hydroxylation is 1. The Morgan fingerprint density at radius 2 is 2.13 bits per heavy atom. The quantitative estimate of drug-likeness (QED) is 0.901. The van der Waals surface area contributed by atoms with Gasteiger partial charge in [0, 0.05) is 32.7 Å². The fourth-order valence-corrected chi connectivity index (χ4v) is 4.47. The Kier molecular flexibility index (Phi) is 3.90. The van der Waals surface area contributed by atoms with Crippen molar-refractivity contribution >= 4 is 33.3 Å². The fraction of sp³-hybridized carbons (Fsp3) is 0.562. The van der Waals surface area contributed by atoms with Crippen molar-refractivity contribution in [3.05, 3.63) is 17.3 Å². The largest absolute Gasteiger partial charge is 0.352 e. The molecule has 4 heterocycles. The molecule has 0 saturated carbocycles. The predicted octanol–water partition coefficient (Wildman–Crippen LogP) is 1.40. The van der Waals surface area contributed by atoms with Crippen LogP contribution in [-0.2, 0) is 4.79 Å². The van der Waals surface area contributed by atoms with Crippen molar-refractivity contribution in [2.45, 2.75) is 25.8 Å². The van der Waals surface area contributed by atoms with Crippen molar-refractivity contribution in [1.29, 1.82) is 0 Å². The van der Waals surface area contributed by atoms with E-state index < -0.39 is 0 Å². The van der Waals surface area contributed by atoms with Crippen LogP contribution in [0.5, 0.6) is 0 Å². The standard InChI is InChI=1S/C16H21N5OS/c1-11-9-23-14-13(11)18-10-19-15(14)21-7-4-17-12(8-21)16(22)20-5-2-3-6-20/h9-10,12,17H,2-8H2,1H3/t12-/m0/s1. The van der Waals surface area contributed by atoms with Gasteiger partial charge in [0.15, 0.2) is 0 Å². The predicted molar refractivity (Wildman–Crippen MR) is 92.0 cm³/mol. The Morgan fingerprint density at radius 3 is 2.96 bits per heavy atom. The zero-order valence-corrected chi connectivity index (χ0v) is 14.1. The van der Waals surface area contributed by atoms with Crippen LogP contribution < -0.4 is 10.2 Å². The highest BCUT2D eigenvalue weighted by Gasteiger charge is 2.31. The molecule has 2 aliphatic heterocycles. The minimum Gasteiger partial charge on any atom is -0.352 e. The van der Waals surface area contributed by atoms with Crippen LogP contribution in [-0.4, -0.2) is 59.5 Å². The molecule has 2 aliphatic rings. The number of nitrogens with zero attached hydrogens (tertiary/aromatic N) is 4. The second-order valence-electron chi connectivity index (χ2n) is 6.28. The number of aromatic nitrogens is 2. The van der Waals surface area contributed by atoms with Crippen LogP contribution in [0.4, 0.5) is 5.82 Å². The fourth-order valence-electron chi connectivity index (χ4n) is 3.45. The molecule has 23 heavy (non-hydrogen) atoms. The van der Waals surface area contributed by atoms with Crippen molar-refractivity contribution in [1.82, 2.24) is 20.2 Å². The van der Waals surface area contributed by atoms with Gasteiger partial charge in [0.1, 0.15) is 18.2 Å². The van der Waals surface area contributed by atoms with E-state index in [1.165, 1.54) is 5.56 Å². The first-order valence-electron chi connectivity index (χ1n) is 8.20. The lowest BCUT2D eigenvalue weighted by Crippen LogP contribution is -2.57. The molecule has 6 nitrogen and oxygen atoms in total. The maximum atomic E-state index is 12.7. The second kappa shape index (κ2) is 6.05. The molecule has 2 aromatic rings. The van der Waals surface area contributed by atoms with Gasteiger partial charge in [-0.15, -0.1) is 11.3 Å². The van der Waals surface area contributed by atoms with Gasteiger partial charge in [-0.25, -0.2) is 9.97 Å². The number of hydrogen-bond acceptors (Lipinski definition) is 6. The smallest absolute Gasteiger partial charge is 0.241 e. The maximum absolute atomic E-state index is 12.7. The number of hydrogen-bond donors (Lipinski definition) is 1. The number of nitrogens with one attached hydrogen (secondary N) is 1. The van der Waals surface area contributed by atoms with E-state index in [9.17, 15) is 4.79 Å². The molecule has 2 fully saturated rings. The highest BCUT2D eigenvalue weighted by atomic mass is 32.1. The molecule has 7 heteroatoms. The number of piperazine rings is 1. The van der Waals surface area contributed by atoms with Crippen LogP contribution in [0.15, 0.2) is 11.7 Å². The van der Waals surface area contributed by atoms with E-state index in [-0.39, 0.29) is 11.9 Å². The van der Waals surface area contributed by atoms with Crippen molar-refractivity contribution < 1.29 is 4.79 Å². The summed E-state index contributed by atoms with van der Waals surface area (Å²) in [5, 5.41) is 5.50. The minimum atomic E-state index is -0.132. The molecule has 1 atom stereocenters. The molecule has 1 N–H and O–H groups in total. The molecule has 0 aromatic carbocycles. The van der Waals surface area contributed by atoms with Crippen LogP contribution in [0.3, 0.4) is 0 Å². The summed E-state index contributed by atoms with van der Waals surface area (Å²) >= 11 is 1.69. The van der Waals surface area contributed by atoms with Gasteiger partial charge in [-0.1, -0.05) is 0 Å². The topological polar surface area (TPSA) is 61.4 Å². The van der Waals surface area contributed by atoms with E-state index in [0.717, 1.165) is 55.1 Å². The lowest BCUT2D eigenvalue weighted by Gasteiger charge is -2.35. The van der Waals surface area contributed by atoms with Gasteiger partial charge in [0.2, 0.25) is 5.91 Å². The molecule has 122 valence electrons. The molecule has 0 unspecified atom stereocenters. The first-order valence-corrected chi connectivity index (χ1v) is 9.08. The Labute approximate surface area is 139 Å². The molecule has 2 saturated heterocycles. The van der Waals surface area contributed by atoms with E-state index in [1.807, 2.05) is 4.90 Å². The highest BCUT2D eigenvalue weighted by Crippen LogP contribution is 2.31. The van der Waals surface area contributed by atoms with Crippen molar-refractivity contribution in [3.63, 3.8) is 0 Å². The SMILES string of the molecule is Cc1csc2c(N3CCN[C@H](C(=O)N4CCCC4)C3)ncnc12. The number of anilines is 1. The van der Waals surface area contributed by atoms with Gasteiger partial charge in [0.25, 0.3) is 0 Å². The number of carbonyl (C=O) groups is 1. The highest BCUT2D eigenvalue weighted by molar-refractivity contribution is 7.18. The molecule has 0 aliphatic carbocycles. The van der Waals surface area contributed by atoms with Crippen LogP contribution in [0.2, 0.25) is 0 Å². The first kappa shape index (κ1) is 14.8. The minimum absolute atomic E-state index is 0.132. The molecule has 1 amide bonds. The number of fused-ring (bicyclic) bond motifs is 1. The summed E-state index contributed by atoms with van der Waals surface area (Å²) < 4.78 is 1.12. The maximum Gasteiger partial charge on any atom is 0.241 e. The Balaban J connectivity index is 1.57. The monoisotopic (exact) mass is 331 g/mol. The summed E-state index contributed by atoms with van der Waals surface area (Å²) in [4.78, 5) is 25.8. The second-order valence-corrected chi connectivity index (χ2v) is 7.16.